The molecule has 70 valence electrons. The maximum Gasteiger partial charge on any atom is 0.0759 e. The van der Waals surface area contributed by atoms with E-state index in [1.807, 2.05) is 0 Å². The molecule has 2 rings (SSSR count). The molecule has 1 aliphatic heterocycles. The van der Waals surface area contributed by atoms with Crippen LogP contribution in [-0.2, 0) is 4.74 Å². The number of hydrogen-bond acceptors (Lipinski definition) is 3. The van der Waals surface area contributed by atoms with Crippen LogP contribution in [0.4, 0.5) is 0 Å². The summed E-state index contributed by atoms with van der Waals surface area (Å²) in [7, 11) is 0. The summed E-state index contributed by atoms with van der Waals surface area (Å²) in [5.41, 5.74) is 5.07. The molecule has 0 bridgehead atoms. The number of rotatable bonds is 2. The van der Waals surface area contributed by atoms with Gasteiger partial charge >= 0.3 is 0 Å². The highest BCUT2D eigenvalue weighted by Crippen LogP contribution is 2.58. The van der Waals surface area contributed by atoms with E-state index in [0.29, 0.717) is 13.2 Å². The van der Waals surface area contributed by atoms with E-state index in [4.69, 9.17) is 10.5 Å². The van der Waals surface area contributed by atoms with Crippen molar-refractivity contribution in [3.05, 3.63) is 0 Å². The summed E-state index contributed by atoms with van der Waals surface area (Å²) in [6, 6.07) is 0. The van der Waals surface area contributed by atoms with Gasteiger partial charge in [-0.25, -0.2) is 0 Å². The number of nitrogens with two attached hydrogens (primary N) is 1. The molecule has 0 aromatic heterocycles. The fourth-order valence-corrected chi connectivity index (χ4v) is 2.30. The van der Waals surface area contributed by atoms with Gasteiger partial charge in [-0.05, 0) is 25.8 Å². The summed E-state index contributed by atoms with van der Waals surface area (Å²) in [6.45, 7) is 2.01. The first-order valence-electron chi connectivity index (χ1n) is 4.73. The van der Waals surface area contributed by atoms with E-state index in [1.54, 1.807) is 0 Å². The summed E-state index contributed by atoms with van der Waals surface area (Å²) in [4.78, 5) is 0. The summed E-state index contributed by atoms with van der Waals surface area (Å²) >= 11 is 0. The molecular formula is C9H17NO2. The van der Waals surface area contributed by atoms with Crippen LogP contribution in [0, 0.1) is 5.41 Å². The van der Waals surface area contributed by atoms with Crippen LogP contribution in [0.25, 0.3) is 0 Å². The van der Waals surface area contributed by atoms with Crippen molar-refractivity contribution in [3.8, 4) is 0 Å². The lowest BCUT2D eigenvalue weighted by Gasteiger charge is -2.40. The molecule has 3 N–H and O–H groups in total. The van der Waals surface area contributed by atoms with E-state index in [1.165, 1.54) is 0 Å². The summed E-state index contributed by atoms with van der Waals surface area (Å²) in [5, 5.41) is 10.3. The van der Waals surface area contributed by atoms with E-state index >= 15 is 0 Å². The van der Waals surface area contributed by atoms with E-state index in [9.17, 15) is 5.11 Å². The van der Waals surface area contributed by atoms with Gasteiger partial charge in [0.15, 0.2) is 0 Å². The normalized spacial score (nSPS) is 38.5. The molecule has 0 amide bonds. The molecule has 1 atom stereocenters. The van der Waals surface area contributed by atoms with E-state index in [2.05, 4.69) is 0 Å². The second kappa shape index (κ2) is 2.69. The van der Waals surface area contributed by atoms with Gasteiger partial charge in [0.1, 0.15) is 0 Å². The Bertz CT molecular complexity index is 175. The lowest BCUT2D eigenvalue weighted by molar-refractivity contribution is -0.129. The molecule has 1 spiro atoms. The number of hydrogen-bond donors (Lipinski definition) is 2. The largest absolute Gasteiger partial charge is 0.389 e. The van der Waals surface area contributed by atoms with Gasteiger partial charge in [0.05, 0.1) is 12.2 Å². The Morgan fingerprint density at radius 1 is 1.33 bits per heavy atom. The van der Waals surface area contributed by atoms with Crippen LogP contribution in [0.2, 0.25) is 0 Å². The van der Waals surface area contributed by atoms with E-state index < -0.39 is 5.60 Å². The van der Waals surface area contributed by atoms with Crippen LogP contribution in [0.1, 0.15) is 25.7 Å². The summed E-state index contributed by atoms with van der Waals surface area (Å²) in [5.74, 6) is 0. The van der Waals surface area contributed by atoms with Crippen LogP contribution in [0.5, 0.6) is 0 Å². The Labute approximate surface area is 72.9 Å². The van der Waals surface area contributed by atoms with Crippen LogP contribution in [0.15, 0.2) is 0 Å². The molecule has 0 radical (unpaired) electrons. The lowest BCUT2D eigenvalue weighted by Crippen LogP contribution is -2.48. The molecule has 3 heteroatoms. The Hall–Kier alpha value is -0.120. The Morgan fingerprint density at radius 2 is 2.08 bits per heavy atom. The number of aliphatic hydroxyl groups is 1. The predicted octanol–water partition coefficient (Wildman–Crippen LogP) is 0.267. The lowest BCUT2D eigenvalue weighted by atomic mass is 9.78. The fourth-order valence-electron chi connectivity index (χ4n) is 2.30. The first-order chi connectivity index (χ1) is 5.72. The van der Waals surface area contributed by atoms with E-state index in [0.717, 1.165) is 32.3 Å². The van der Waals surface area contributed by atoms with Gasteiger partial charge in [0.2, 0.25) is 0 Å². The van der Waals surface area contributed by atoms with Gasteiger partial charge in [0, 0.05) is 18.4 Å². The molecule has 1 unspecified atom stereocenters. The first kappa shape index (κ1) is 8.48. The van der Waals surface area contributed by atoms with E-state index in [-0.39, 0.29) is 5.41 Å². The molecule has 0 aromatic carbocycles. The quantitative estimate of drug-likeness (QED) is 0.627. The van der Waals surface area contributed by atoms with Gasteiger partial charge in [0.25, 0.3) is 0 Å². The van der Waals surface area contributed by atoms with Gasteiger partial charge in [-0.2, -0.15) is 0 Å². The SMILES string of the molecule is NCCC1(O)CCOCC12CC2. The third-order valence-electron chi connectivity index (χ3n) is 3.44. The summed E-state index contributed by atoms with van der Waals surface area (Å²) < 4.78 is 5.39. The third-order valence-corrected chi connectivity index (χ3v) is 3.44. The second-order valence-electron chi connectivity index (χ2n) is 4.15. The van der Waals surface area contributed by atoms with Gasteiger partial charge in [-0.15, -0.1) is 0 Å². The van der Waals surface area contributed by atoms with Crippen molar-refractivity contribution in [1.29, 1.82) is 0 Å². The minimum Gasteiger partial charge on any atom is -0.389 e. The molecule has 3 nitrogen and oxygen atoms in total. The van der Waals surface area contributed by atoms with Crippen LogP contribution < -0.4 is 5.73 Å². The molecule has 1 saturated heterocycles. The van der Waals surface area contributed by atoms with Crippen molar-refractivity contribution in [3.63, 3.8) is 0 Å². The van der Waals surface area contributed by atoms with Gasteiger partial charge in [-0.3, -0.25) is 0 Å². The first-order valence-corrected chi connectivity index (χ1v) is 4.73. The highest BCUT2D eigenvalue weighted by atomic mass is 16.5. The minimum atomic E-state index is -0.514. The van der Waals surface area contributed by atoms with Crippen molar-refractivity contribution in [2.45, 2.75) is 31.3 Å². The second-order valence-corrected chi connectivity index (χ2v) is 4.15. The third kappa shape index (κ3) is 1.08. The smallest absolute Gasteiger partial charge is 0.0759 e. The monoisotopic (exact) mass is 171 g/mol. The molecule has 1 heterocycles. The molecular weight excluding hydrogens is 154 g/mol. The average molecular weight is 171 g/mol. The van der Waals surface area contributed by atoms with Crippen molar-refractivity contribution in [2.75, 3.05) is 19.8 Å². The van der Waals surface area contributed by atoms with Crippen molar-refractivity contribution in [2.24, 2.45) is 11.1 Å². The molecule has 2 fully saturated rings. The minimum absolute atomic E-state index is 0.0879. The van der Waals surface area contributed by atoms with Gasteiger partial charge in [-0.1, -0.05) is 0 Å². The molecule has 12 heavy (non-hydrogen) atoms. The standard InChI is InChI=1S/C9H17NO2/c10-5-3-9(11)4-6-12-7-8(9)1-2-8/h11H,1-7,10H2. The molecule has 1 aliphatic carbocycles. The van der Waals surface area contributed by atoms with Crippen LogP contribution in [-0.4, -0.2) is 30.5 Å². The fraction of sp³-hybridized carbons (Fsp3) is 1.00. The zero-order valence-corrected chi connectivity index (χ0v) is 7.38. The van der Waals surface area contributed by atoms with Gasteiger partial charge < -0.3 is 15.6 Å². The Kier molecular flexibility index (Phi) is 1.90. The zero-order valence-electron chi connectivity index (χ0n) is 7.38. The van der Waals surface area contributed by atoms with Crippen molar-refractivity contribution >= 4 is 0 Å². The maximum absolute atomic E-state index is 10.3. The average Bonchev–Trinajstić information content (AvgIpc) is 2.79. The Morgan fingerprint density at radius 3 is 2.67 bits per heavy atom. The summed E-state index contributed by atoms with van der Waals surface area (Å²) in [6.07, 6.45) is 3.73. The highest BCUT2D eigenvalue weighted by molar-refractivity contribution is 5.09. The van der Waals surface area contributed by atoms with Crippen molar-refractivity contribution in [1.82, 2.24) is 0 Å². The number of ether oxygens (including phenoxy) is 1. The zero-order chi connectivity index (χ0) is 8.66. The van der Waals surface area contributed by atoms with Crippen LogP contribution in [0.3, 0.4) is 0 Å². The predicted molar refractivity (Wildman–Crippen MR) is 45.7 cm³/mol. The topological polar surface area (TPSA) is 55.5 Å². The molecule has 0 aromatic rings. The Balaban J connectivity index is 2.09. The maximum atomic E-state index is 10.3. The molecule has 2 aliphatic rings. The molecule has 1 saturated carbocycles. The van der Waals surface area contributed by atoms with Crippen molar-refractivity contribution < 1.29 is 9.84 Å². The van der Waals surface area contributed by atoms with Crippen LogP contribution >= 0.6 is 0 Å². The highest BCUT2D eigenvalue weighted by Gasteiger charge is 2.59.